The van der Waals surface area contributed by atoms with Crippen molar-refractivity contribution in [2.45, 2.75) is 19.0 Å². The number of hydrogen-bond donors (Lipinski definition) is 1. The van der Waals surface area contributed by atoms with Crippen molar-refractivity contribution in [1.29, 1.82) is 0 Å². The summed E-state index contributed by atoms with van der Waals surface area (Å²) in [5.41, 5.74) is 0. The smallest absolute Gasteiger partial charge is 0.229 e. The van der Waals surface area contributed by atoms with E-state index in [0.717, 1.165) is 18.1 Å². The number of likely N-dealkylation sites (N-methyl/N-ethyl adjacent to an activating group) is 1. The molecule has 2 fully saturated rings. The molecule has 0 spiro atoms. The molecule has 2 saturated heterocycles. The molecule has 0 aromatic rings. The van der Waals surface area contributed by atoms with E-state index in [0.29, 0.717) is 19.3 Å². The number of carbonyl (C=O) groups excluding carboxylic acids is 1. The Morgan fingerprint density at radius 3 is 3.00 bits per heavy atom. The van der Waals surface area contributed by atoms with Gasteiger partial charge in [0.2, 0.25) is 5.91 Å². The van der Waals surface area contributed by atoms with E-state index in [4.69, 9.17) is 4.74 Å². The average Bonchev–Trinajstić information content (AvgIpc) is 2.77. The highest BCUT2D eigenvalue weighted by atomic mass is 32.2. The predicted octanol–water partition coefficient (Wildman–Crippen LogP) is 0.185. The lowest BCUT2D eigenvalue weighted by molar-refractivity contribution is -0.137. The highest BCUT2D eigenvalue weighted by Crippen LogP contribution is 2.22. The molecule has 3 unspecified atom stereocenters. The van der Waals surface area contributed by atoms with Gasteiger partial charge in [0, 0.05) is 30.1 Å². The highest BCUT2D eigenvalue weighted by Gasteiger charge is 2.37. The second-order valence-corrected chi connectivity index (χ2v) is 5.64. The molecule has 0 bridgehead atoms. The summed E-state index contributed by atoms with van der Waals surface area (Å²) in [5.74, 6) is 2.40. The molecule has 2 heterocycles. The largest absolute Gasteiger partial charge is 0.379 e. The minimum atomic E-state index is 0.00977. The molecule has 3 atom stereocenters. The third kappa shape index (κ3) is 2.36. The number of ether oxygens (including phenoxy) is 1. The standard InChI is InChI=1S/C11H20N2O2S/c1-8-7-16-4-3-13(8)11(14)9-5-15-6-10(9)12-2/h8-10,12H,3-7H2,1-2H3. The third-order valence-electron chi connectivity index (χ3n) is 3.42. The van der Waals surface area contributed by atoms with E-state index in [9.17, 15) is 4.79 Å². The van der Waals surface area contributed by atoms with Crippen LogP contribution >= 0.6 is 11.8 Å². The van der Waals surface area contributed by atoms with Crippen molar-refractivity contribution < 1.29 is 9.53 Å². The zero-order valence-electron chi connectivity index (χ0n) is 9.94. The molecular formula is C11H20N2O2S. The van der Waals surface area contributed by atoms with E-state index >= 15 is 0 Å². The third-order valence-corrected chi connectivity index (χ3v) is 4.61. The molecule has 0 saturated carbocycles. The van der Waals surface area contributed by atoms with Crippen LogP contribution in [0.5, 0.6) is 0 Å². The number of hydrogen-bond acceptors (Lipinski definition) is 4. The van der Waals surface area contributed by atoms with E-state index in [1.165, 1.54) is 0 Å². The highest BCUT2D eigenvalue weighted by molar-refractivity contribution is 7.99. The number of rotatable bonds is 2. The van der Waals surface area contributed by atoms with Crippen LogP contribution in [0.4, 0.5) is 0 Å². The van der Waals surface area contributed by atoms with Gasteiger partial charge < -0.3 is 15.0 Å². The first kappa shape index (κ1) is 12.2. The van der Waals surface area contributed by atoms with E-state index in [-0.39, 0.29) is 17.9 Å². The Labute approximate surface area is 101 Å². The number of carbonyl (C=O) groups is 1. The maximum Gasteiger partial charge on any atom is 0.229 e. The van der Waals surface area contributed by atoms with Gasteiger partial charge in [0.1, 0.15) is 0 Å². The molecule has 2 aliphatic rings. The molecule has 0 aromatic heterocycles. The van der Waals surface area contributed by atoms with Gasteiger partial charge in [-0.2, -0.15) is 11.8 Å². The zero-order chi connectivity index (χ0) is 11.5. The van der Waals surface area contributed by atoms with Crippen molar-refractivity contribution in [2.24, 2.45) is 5.92 Å². The lowest BCUT2D eigenvalue weighted by Crippen LogP contribution is -2.51. The molecule has 92 valence electrons. The summed E-state index contributed by atoms with van der Waals surface area (Å²) in [7, 11) is 1.90. The van der Waals surface area contributed by atoms with Crippen molar-refractivity contribution in [3.05, 3.63) is 0 Å². The van der Waals surface area contributed by atoms with Crippen LogP contribution in [0.3, 0.4) is 0 Å². The summed E-state index contributed by atoms with van der Waals surface area (Å²) in [4.78, 5) is 14.4. The molecule has 0 radical (unpaired) electrons. The monoisotopic (exact) mass is 244 g/mol. The van der Waals surface area contributed by atoms with Gasteiger partial charge in [0.25, 0.3) is 0 Å². The Morgan fingerprint density at radius 2 is 2.31 bits per heavy atom. The number of thioether (sulfide) groups is 1. The van der Waals surface area contributed by atoms with Crippen LogP contribution in [-0.2, 0) is 9.53 Å². The fourth-order valence-electron chi connectivity index (χ4n) is 2.35. The molecule has 16 heavy (non-hydrogen) atoms. The lowest BCUT2D eigenvalue weighted by Gasteiger charge is -2.35. The van der Waals surface area contributed by atoms with Gasteiger partial charge >= 0.3 is 0 Å². The Bertz CT molecular complexity index is 258. The first-order chi connectivity index (χ1) is 7.74. The molecular weight excluding hydrogens is 224 g/mol. The van der Waals surface area contributed by atoms with Crippen LogP contribution in [0.1, 0.15) is 6.92 Å². The molecule has 0 aliphatic carbocycles. The summed E-state index contributed by atoms with van der Waals surface area (Å²) in [6.45, 7) is 4.25. The fourth-order valence-corrected chi connectivity index (χ4v) is 3.36. The van der Waals surface area contributed by atoms with Crippen molar-refractivity contribution in [3.8, 4) is 0 Å². The van der Waals surface area contributed by atoms with Gasteiger partial charge in [-0.15, -0.1) is 0 Å². The van der Waals surface area contributed by atoms with E-state index in [1.54, 1.807) is 0 Å². The number of amides is 1. The minimum absolute atomic E-state index is 0.00977. The summed E-state index contributed by atoms with van der Waals surface area (Å²) in [6.07, 6.45) is 0. The van der Waals surface area contributed by atoms with Gasteiger partial charge in [0.05, 0.1) is 19.1 Å². The predicted molar refractivity (Wildman–Crippen MR) is 65.7 cm³/mol. The van der Waals surface area contributed by atoms with Crippen LogP contribution in [-0.4, -0.2) is 61.2 Å². The fraction of sp³-hybridized carbons (Fsp3) is 0.909. The number of nitrogens with one attached hydrogen (secondary N) is 1. The van der Waals surface area contributed by atoms with Crippen molar-refractivity contribution >= 4 is 17.7 Å². The van der Waals surface area contributed by atoms with Crippen LogP contribution < -0.4 is 5.32 Å². The van der Waals surface area contributed by atoms with Crippen LogP contribution in [0.15, 0.2) is 0 Å². The molecule has 5 heteroatoms. The molecule has 1 N–H and O–H groups in total. The van der Waals surface area contributed by atoms with E-state index in [2.05, 4.69) is 12.2 Å². The van der Waals surface area contributed by atoms with E-state index in [1.807, 2.05) is 23.7 Å². The van der Waals surface area contributed by atoms with Crippen molar-refractivity contribution in [2.75, 3.05) is 38.3 Å². The topological polar surface area (TPSA) is 41.6 Å². The van der Waals surface area contributed by atoms with Gasteiger partial charge in [-0.3, -0.25) is 4.79 Å². The summed E-state index contributed by atoms with van der Waals surface area (Å²) < 4.78 is 5.39. The normalized spacial score (nSPS) is 35.4. The molecule has 4 nitrogen and oxygen atoms in total. The lowest BCUT2D eigenvalue weighted by atomic mass is 10.0. The quantitative estimate of drug-likeness (QED) is 0.753. The SMILES string of the molecule is CNC1COCC1C(=O)N1CCSCC1C. The first-order valence-electron chi connectivity index (χ1n) is 5.87. The Kier molecular flexibility index (Phi) is 4.10. The van der Waals surface area contributed by atoms with Crippen molar-refractivity contribution in [1.82, 2.24) is 10.2 Å². The van der Waals surface area contributed by atoms with E-state index < -0.39 is 0 Å². The van der Waals surface area contributed by atoms with Crippen molar-refractivity contribution in [3.63, 3.8) is 0 Å². The molecule has 2 rings (SSSR count). The minimum Gasteiger partial charge on any atom is -0.379 e. The summed E-state index contributed by atoms with van der Waals surface area (Å²) in [5, 5.41) is 3.17. The second kappa shape index (κ2) is 5.38. The maximum absolute atomic E-state index is 12.4. The Hall–Kier alpha value is -0.260. The van der Waals surface area contributed by atoms with Crippen LogP contribution in [0.2, 0.25) is 0 Å². The first-order valence-corrected chi connectivity index (χ1v) is 7.02. The second-order valence-electron chi connectivity index (χ2n) is 4.49. The summed E-state index contributed by atoms with van der Waals surface area (Å²) in [6, 6.07) is 0.554. The van der Waals surface area contributed by atoms with Gasteiger partial charge in [-0.25, -0.2) is 0 Å². The van der Waals surface area contributed by atoms with Gasteiger partial charge in [0.15, 0.2) is 0 Å². The molecule has 2 aliphatic heterocycles. The van der Waals surface area contributed by atoms with Crippen LogP contribution in [0.25, 0.3) is 0 Å². The van der Waals surface area contributed by atoms with Crippen LogP contribution in [0, 0.1) is 5.92 Å². The Balaban J connectivity index is 2.00. The molecule has 0 aromatic carbocycles. The van der Waals surface area contributed by atoms with Gasteiger partial charge in [-0.1, -0.05) is 0 Å². The average molecular weight is 244 g/mol. The van der Waals surface area contributed by atoms with Gasteiger partial charge in [-0.05, 0) is 14.0 Å². The summed E-state index contributed by atoms with van der Waals surface area (Å²) >= 11 is 1.93. The molecule has 1 amide bonds. The number of nitrogens with zero attached hydrogens (tertiary/aromatic N) is 1. The Morgan fingerprint density at radius 1 is 1.50 bits per heavy atom. The zero-order valence-corrected chi connectivity index (χ0v) is 10.8. The maximum atomic E-state index is 12.4.